The molecule has 0 radical (unpaired) electrons. The summed E-state index contributed by atoms with van der Waals surface area (Å²) in [6.45, 7) is 0.958. The topological polar surface area (TPSA) is 54.0 Å². The van der Waals surface area contributed by atoms with Crippen LogP contribution in [-0.4, -0.2) is 37.3 Å². The van der Waals surface area contributed by atoms with E-state index in [1.54, 1.807) is 0 Å². The average molecular weight is 344 g/mol. The highest BCUT2D eigenvalue weighted by Crippen LogP contribution is 2.45. The molecule has 2 heterocycles. The van der Waals surface area contributed by atoms with Gasteiger partial charge in [-0.05, 0) is 24.6 Å². The second kappa shape index (κ2) is 5.35. The number of halogens is 3. The third kappa shape index (κ3) is 2.73. The van der Waals surface area contributed by atoms with Crippen LogP contribution in [0.2, 0.25) is 0 Å². The lowest BCUT2D eigenvalue weighted by Gasteiger charge is -2.42. The van der Waals surface area contributed by atoms with Gasteiger partial charge >= 0.3 is 6.36 Å². The monoisotopic (exact) mass is 344 g/mol. The summed E-state index contributed by atoms with van der Waals surface area (Å²) in [5.41, 5.74) is 0.105. The number of ketones is 1. The van der Waals surface area contributed by atoms with E-state index in [-0.39, 0.29) is 17.5 Å². The van der Waals surface area contributed by atoms with E-state index in [0.29, 0.717) is 38.2 Å². The number of hydrogen-bond acceptors (Lipinski definition) is 5. The maximum Gasteiger partial charge on any atom is 0.573 e. The first-order chi connectivity index (χ1) is 11.4. The van der Waals surface area contributed by atoms with Crippen molar-refractivity contribution in [1.82, 2.24) is 0 Å². The lowest BCUT2D eigenvalue weighted by molar-refractivity contribution is -0.274. The fourth-order valence-corrected chi connectivity index (χ4v) is 3.66. The van der Waals surface area contributed by atoms with E-state index in [1.807, 2.05) is 0 Å². The Balaban J connectivity index is 1.61. The van der Waals surface area contributed by atoms with Gasteiger partial charge < -0.3 is 18.9 Å². The number of ether oxygens (including phenoxy) is 4. The zero-order valence-electron chi connectivity index (χ0n) is 12.6. The molecule has 130 valence electrons. The van der Waals surface area contributed by atoms with Crippen molar-refractivity contribution >= 4 is 5.78 Å². The van der Waals surface area contributed by atoms with Gasteiger partial charge in [-0.1, -0.05) is 0 Å². The first-order valence-electron chi connectivity index (χ1n) is 7.74. The summed E-state index contributed by atoms with van der Waals surface area (Å²) in [6.07, 6.45) is -3.54. The zero-order chi connectivity index (χ0) is 16.9. The molecule has 1 aromatic rings. The number of hydrogen-bond donors (Lipinski definition) is 0. The standard InChI is InChI=1S/C16H15F3O5/c17-16(18,19)24-9-1-2-12-10(7-9)14(20)11-8-15(21-5-6-22-15)4-3-13(11)23-12/h1-2,7,11,13H,3-6,8H2/t11-,13-/m0/s1. The Bertz CT molecular complexity index is 666. The molecule has 0 bridgehead atoms. The number of carbonyl (C=O) groups excluding carboxylic acids is 1. The summed E-state index contributed by atoms with van der Waals surface area (Å²) in [6, 6.07) is 3.57. The maximum atomic E-state index is 12.8. The van der Waals surface area contributed by atoms with Crippen LogP contribution < -0.4 is 9.47 Å². The molecule has 24 heavy (non-hydrogen) atoms. The van der Waals surface area contributed by atoms with Gasteiger partial charge in [0.15, 0.2) is 11.6 Å². The van der Waals surface area contributed by atoms with Gasteiger partial charge in [-0.3, -0.25) is 4.79 Å². The van der Waals surface area contributed by atoms with Crippen LogP contribution in [0.5, 0.6) is 11.5 Å². The number of Topliss-reactive ketones (excluding diaryl/α,β-unsaturated/α-hetero) is 1. The third-order valence-electron chi connectivity index (χ3n) is 4.67. The molecule has 1 aromatic carbocycles. The first kappa shape index (κ1) is 15.7. The van der Waals surface area contributed by atoms with Gasteiger partial charge in [0.1, 0.15) is 17.6 Å². The maximum absolute atomic E-state index is 12.8. The first-order valence-corrected chi connectivity index (χ1v) is 7.74. The van der Waals surface area contributed by atoms with Crippen LogP contribution in [0, 0.1) is 5.92 Å². The van der Waals surface area contributed by atoms with Crippen LogP contribution in [0.1, 0.15) is 29.6 Å². The van der Waals surface area contributed by atoms with Crippen molar-refractivity contribution in [3.63, 3.8) is 0 Å². The van der Waals surface area contributed by atoms with E-state index in [1.165, 1.54) is 6.07 Å². The van der Waals surface area contributed by atoms with Crippen molar-refractivity contribution in [3.05, 3.63) is 23.8 Å². The van der Waals surface area contributed by atoms with Gasteiger partial charge in [0.25, 0.3) is 0 Å². The molecular formula is C16H15F3O5. The van der Waals surface area contributed by atoms with Crippen LogP contribution >= 0.6 is 0 Å². The van der Waals surface area contributed by atoms with Gasteiger partial charge in [0.2, 0.25) is 0 Å². The van der Waals surface area contributed by atoms with Gasteiger partial charge in [-0.15, -0.1) is 13.2 Å². The van der Waals surface area contributed by atoms with Crippen LogP contribution in [0.25, 0.3) is 0 Å². The van der Waals surface area contributed by atoms with E-state index in [4.69, 9.17) is 14.2 Å². The molecule has 1 spiro atoms. The van der Waals surface area contributed by atoms with Crippen molar-refractivity contribution in [3.8, 4) is 11.5 Å². The smallest absolute Gasteiger partial charge is 0.489 e. The molecule has 0 unspecified atom stereocenters. The third-order valence-corrected chi connectivity index (χ3v) is 4.67. The van der Waals surface area contributed by atoms with E-state index >= 15 is 0 Å². The molecular weight excluding hydrogens is 329 g/mol. The molecule has 5 nitrogen and oxygen atoms in total. The molecule has 1 saturated heterocycles. The van der Waals surface area contributed by atoms with Crippen molar-refractivity contribution in [2.45, 2.75) is 37.5 Å². The van der Waals surface area contributed by atoms with E-state index < -0.39 is 23.8 Å². The molecule has 0 N–H and O–H groups in total. The van der Waals surface area contributed by atoms with Gasteiger partial charge in [-0.2, -0.15) is 0 Å². The van der Waals surface area contributed by atoms with Crippen molar-refractivity contribution in [2.75, 3.05) is 13.2 Å². The molecule has 0 aromatic heterocycles. The van der Waals surface area contributed by atoms with Crippen LogP contribution in [0.4, 0.5) is 13.2 Å². The Hall–Kier alpha value is -1.80. The molecule has 4 rings (SSSR count). The highest BCUT2D eigenvalue weighted by Gasteiger charge is 2.50. The molecule has 8 heteroatoms. The molecule has 1 aliphatic carbocycles. The molecule has 2 aliphatic heterocycles. The summed E-state index contributed by atoms with van der Waals surface area (Å²) < 4.78 is 58.1. The largest absolute Gasteiger partial charge is 0.573 e. The van der Waals surface area contributed by atoms with Crippen molar-refractivity contribution in [2.24, 2.45) is 5.92 Å². The molecule has 3 aliphatic rings. The number of rotatable bonds is 1. The van der Waals surface area contributed by atoms with E-state index in [2.05, 4.69) is 4.74 Å². The summed E-state index contributed by atoms with van der Waals surface area (Å²) in [5.74, 6) is -1.66. The normalized spacial score (nSPS) is 28.2. The minimum absolute atomic E-state index is 0.105. The molecule has 2 atom stereocenters. The summed E-state index contributed by atoms with van der Waals surface area (Å²) >= 11 is 0. The quantitative estimate of drug-likeness (QED) is 0.784. The van der Waals surface area contributed by atoms with Crippen LogP contribution in [0.3, 0.4) is 0 Å². The number of benzene rings is 1. The van der Waals surface area contributed by atoms with Crippen LogP contribution in [0.15, 0.2) is 18.2 Å². The second-order valence-corrected chi connectivity index (χ2v) is 6.18. The molecule has 1 saturated carbocycles. The fraction of sp³-hybridized carbons (Fsp3) is 0.562. The fourth-order valence-electron chi connectivity index (χ4n) is 3.66. The Labute approximate surface area is 135 Å². The Kier molecular flexibility index (Phi) is 3.50. The summed E-state index contributed by atoms with van der Waals surface area (Å²) in [5, 5.41) is 0. The molecule has 0 amide bonds. The predicted octanol–water partition coefficient (Wildman–Crippen LogP) is 3.07. The SMILES string of the molecule is O=C1c2cc(OC(F)(F)F)ccc2O[C@H]2CCC3(C[C@H]12)OCCO3. The summed E-state index contributed by atoms with van der Waals surface area (Å²) in [4.78, 5) is 12.8. The minimum Gasteiger partial charge on any atom is -0.489 e. The predicted molar refractivity (Wildman–Crippen MR) is 73.8 cm³/mol. The lowest BCUT2D eigenvalue weighted by Crippen LogP contribution is -2.49. The second-order valence-electron chi connectivity index (χ2n) is 6.18. The van der Waals surface area contributed by atoms with E-state index in [0.717, 1.165) is 12.1 Å². The van der Waals surface area contributed by atoms with E-state index in [9.17, 15) is 18.0 Å². The Morgan fingerprint density at radius 2 is 1.96 bits per heavy atom. The Morgan fingerprint density at radius 1 is 1.21 bits per heavy atom. The zero-order valence-corrected chi connectivity index (χ0v) is 12.6. The van der Waals surface area contributed by atoms with Gasteiger partial charge in [0, 0.05) is 12.8 Å². The van der Waals surface area contributed by atoms with Gasteiger partial charge in [0.05, 0.1) is 24.7 Å². The molecule has 2 fully saturated rings. The summed E-state index contributed by atoms with van der Waals surface area (Å²) in [7, 11) is 0. The van der Waals surface area contributed by atoms with Crippen LogP contribution in [-0.2, 0) is 9.47 Å². The highest BCUT2D eigenvalue weighted by atomic mass is 19.4. The highest BCUT2D eigenvalue weighted by molar-refractivity contribution is 6.02. The van der Waals surface area contributed by atoms with Crippen molar-refractivity contribution in [1.29, 1.82) is 0 Å². The number of alkyl halides is 3. The number of carbonyl (C=O) groups is 1. The minimum atomic E-state index is -4.81. The average Bonchev–Trinajstić information content (AvgIpc) is 2.96. The van der Waals surface area contributed by atoms with Crippen molar-refractivity contribution < 1.29 is 36.9 Å². The Morgan fingerprint density at radius 3 is 2.67 bits per heavy atom. The number of fused-ring (bicyclic) bond motifs is 2. The van der Waals surface area contributed by atoms with Gasteiger partial charge in [-0.25, -0.2) is 0 Å². The lowest BCUT2D eigenvalue weighted by atomic mass is 9.76.